The molecular formula is C25H20F4N5OP. The van der Waals surface area contributed by atoms with E-state index in [1.165, 1.54) is 52.8 Å². The minimum absolute atomic E-state index is 0.00185. The van der Waals surface area contributed by atoms with Crippen LogP contribution in [0, 0.1) is 12.7 Å². The van der Waals surface area contributed by atoms with Crippen molar-refractivity contribution in [1.29, 1.82) is 0 Å². The molecule has 0 aliphatic carbocycles. The van der Waals surface area contributed by atoms with E-state index in [0.29, 0.717) is 11.4 Å². The molecule has 0 spiro atoms. The molecule has 2 heterocycles. The summed E-state index contributed by atoms with van der Waals surface area (Å²) in [6, 6.07) is 19.5. The first-order valence-electron chi connectivity index (χ1n) is 10.9. The van der Waals surface area contributed by atoms with E-state index in [2.05, 4.69) is 15.2 Å². The molecule has 0 amide bonds. The first-order valence-corrected chi connectivity index (χ1v) is 12.5. The van der Waals surface area contributed by atoms with Gasteiger partial charge in [-0.3, -0.25) is 9.24 Å². The third-order valence-corrected chi connectivity index (χ3v) is 8.58. The van der Waals surface area contributed by atoms with Crippen LogP contribution in [0.5, 0.6) is 0 Å². The predicted octanol–water partition coefficient (Wildman–Crippen LogP) is 6.29. The quantitative estimate of drug-likeness (QED) is 0.257. The third-order valence-electron chi connectivity index (χ3n) is 5.87. The van der Waals surface area contributed by atoms with Gasteiger partial charge in [0.2, 0.25) is 0 Å². The van der Waals surface area contributed by atoms with Crippen molar-refractivity contribution in [3.63, 3.8) is 0 Å². The molecule has 0 saturated carbocycles. The normalized spacial score (nSPS) is 17.5. The average Bonchev–Trinajstić information content (AvgIpc) is 3.19. The number of nitrogens with one attached hydrogen (secondary N) is 1. The maximum absolute atomic E-state index is 14.9. The lowest BCUT2D eigenvalue weighted by molar-refractivity contribution is -0.136. The molecule has 5 rings (SSSR count). The van der Waals surface area contributed by atoms with Gasteiger partial charge in [0.15, 0.2) is 5.82 Å². The number of aliphatic imine (C=N–C) groups is 1. The summed E-state index contributed by atoms with van der Waals surface area (Å²) in [5.74, 6) is -0.468. The van der Waals surface area contributed by atoms with Crippen molar-refractivity contribution in [2.45, 2.75) is 13.1 Å². The second-order valence-electron chi connectivity index (χ2n) is 8.18. The number of benzene rings is 3. The highest BCUT2D eigenvalue weighted by molar-refractivity contribution is 7.72. The van der Waals surface area contributed by atoms with Gasteiger partial charge < -0.3 is 5.09 Å². The predicted molar refractivity (Wildman–Crippen MR) is 131 cm³/mol. The molecular weight excluding hydrogens is 493 g/mol. The van der Waals surface area contributed by atoms with Crippen LogP contribution < -0.4 is 10.4 Å². The summed E-state index contributed by atoms with van der Waals surface area (Å²) in [4.78, 5) is 4.63. The molecule has 4 aromatic rings. The SMILES string of the molecule is Cc1nn(-c2ccccc2)c2c1[P@](=O)(Nc1ccccc1C(F)(F)F)N(C)C(c1ccccc1F)=N2. The van der Waals surface area contributed by atoms with Gasteiger partial charge in [-0.05, 0) is 43.3 Å². The van der Waals surface area contributed by atoms with Gasteiger partial charge in [0.25, 0.3) is 7.44 Å². The summed E-state index contributed by atoms with van der Waals surface area (Å²) in [5.41, 5.74) is -0.371. The van der Waals surface area contributed by atoms with E-state index in [1.54, 1.807) is 37.3 Å². The zero-order chi connectivity index (χ0) is 25.7. The van der Waals surface area contributed by atoms with Crippen LogP contribution in [0.3, 0.4) is 0 Å². The van der Waals surface area contributed by atoms with Crippen molar-refractivity contribution < 1.29 is 22.1 Å². The van der Waals surface area contributed by atoms with E-state index in [4.69, 9.17) is 0 Å². The molecule has 1 atom stereocenters. The fourth-order valence-electron chi connectivity index (χ4n) is 4.17. The number of nitrogens with zero attached hydrogens (tertiary/aromatic N) is 4. The van der Waals surface area contributed by atoms with Gasteiger partial charge in [-0.2, -0.15) is 18.3 Å². The molecule has 3 aromatic carbocycles. The highest BCUT2D eigenvalue weighted by atomic mass is 31.2. The highest BCUT2D eigenvalue weighted by Gasteiger charge is 2.45. The Morgan fingerprint density at radius 1 is 0.917 bits per heavy atom. The summed E-state index contributed by atoms with van der Waals surface area (Å²) in [5, 5.41) is 7.32. The lowest BCUT2D eigenvalue weighted by atomic mass is 10.2. The molecule has 0 bridgehead atoms. The van der Waals surface area contributed by atoms with Crippen LogP contribution in [0.25, 0.3) is 5.69 Å². The fourth-order valence-corrected chi connectivity index (χ4v) is 6.57. The van der Waals surface area contributed by atoms with E-state index in [1.807, 2.05) is 6.07 Å². The molecule has 1 aromatic heterocycles. The van der Waals surface area contributed by atoms with E-state index < -0.39 is 25.0 Å². The largest absolute Gasteiger partial charge is 0.418 e. The van der Waals surface area contributed by atoms with E-state index in [9.17, 15) is 22.1 Å². The molecule has 1 aliphatic rings. The fraction of sp³-hybridized carbons (Fsp3) is 0.120. The number of halogens is 4. The molecule has 1 aliphatic heterocycles. The molecule has 184 valence electrons. The average molecular weight is 513 g/mol. The Morgan fingerprint density at radius 2 is 1.56 bits per heavy atom. The Hall–Kier alpha value is -3.91. The van der Waals surface area contributed by atoms with E-state index >= 15 is 0 Å². The Morgan fingerprint density at radius 3 is 2.25 bits per heavy atom. The molecule has 36 heavy (non-hydrogen) atoms. The standard InChI is InChI=1S/C25H20F4N5OP/c1-16-22-24(34(31-16)17-10-4-3-5-11-17)30-23(18-12-6-8-14-20(18)26)33(2)36(22,35)32-21-15-9-7-13-19(21)25(27,28)29/h3-15H,1-2H3,(H,32,35)/t36-/m0/s1. The van der Waals surface area contributed by atoms with Gasteiger partial charge in [0.05, 0.1) is 28.2 Å². The first-order chi connectivity index (χ1) is 17.1. The van der Waals surface area contributed by atoms with Gasteiger partial charge in [-0.25, -0.2) is 14.1 Å². The van der Waals surface area contributed by atoms with Crippen molar-refractivity contribution >= 4 is 30.1 Å². The number of fused-ring (bicyclic) bond motifs is 1. The second-order valence-corrected chi connectivity index (χ2v) is 10.6. The Labute approximate surface area is 204 Å². The van der Waals surface area contributed by atoms with Crippen LogP contribution in [0.1, 0.15) is 16.8 Å². The molecule has 11 heteroatoms. The van der Waals surface area contributed by atoms with Gasteiger partial charge in [0.1, 0.15) is 17.0 Å². The van der Waals surface area contributed by atoms with Crippen molar-refractivity contribution in [2.24, 2.45) is 4.99 Å². The zero-order valence-corrected chi connectivity index (χ0v) is 20.1. The lowest BCUT2D eigenvalue weighted by Crippen LogP contribution is -2.37. The van der Waals surface area contributed by atoms with Crippen LogP contribution in [0.2, 0.25) is 0 Å². The maximum atomic E-state index is 14.9. The summed E-state index contributed by atoms with van der Waals surface area (Å²) >= 11 is 0. The molecule has 0 unspecified atom stereocenters. The monoisotopic (exact) mass is 513 g/mol. The number of amidine groups is 1. The molecule has 0 radical (unpaired) electrons. The number of anilines is 1. The Bertz CT molecular complexity index is 1530. The first kappa shape index (κ1) is 23.8. The van der Waals surface area contributed by atoms with Crippen molar-refractivity contribution in [2.75, 3.05) is 12.1 Å². The molecule has 6 nitrogen and oxygen atoms in total. The van der Waals surface area contributed by atoms with Gasteiger partial charge in [0, 0.05) is 7.05 Å². The number of hydrogen-bond donors (Lipinski definition) is 1. The van der Waals surface area contributed by atoms with E-state index in [-0.39, 0.29) is 28.2 Å². The van der Waals surface area contributed by atoms with Gasteiger partial charge in [-0.15, -0.1) is 0 Å². The lowest BCUT2D eigenvalue weighted by Gasteiger charge is -2.35. The van der Waals surface area contributed by atoms with Crippen LogP contribution >= 0.6 is 7.44 Å². The summed E-state index contributed by atoms with van der Waals surface area (Å²) in [6.07, 6.45) is -4.69. The summed E-state index contributed by atoms with van der Waals surface area (Å²) < 4.78 is 73.7. The minimum Gasteiger partial charge on any atom is -0.316 e. The van der Waals surface area contributed by atoms with E-state index in [0.717, 1.165) is 6.07 Å². The van der Waals surface area contributed by atoms with Crippen LogP contribution in [-0.4, -0.2) is 27.3 Å². The highest BCUT2D eigenvalue weighted by Crippen LogP contribution is 2.55. The van der Waals surface area contributed by atoms with Crippen molar-refractivity contribution in [1.82, 2.24) is 14.5 Å². The Kier molecular flexibility index (Phi) is 5.71. The second kappa shape index (κ2) is 8.64. The number of hydrogen-bond acceptors (Lipinski definition) is 3. The number of alkyl halides is 3. The number of aromatic nitrogens is 2. The molecule has 1 N–H and O–H groups in total. The van der Waals surface area contributed by atoms with Crippen LogP contribution in [0.15, 0.2) is 83.9 Å². The smallest absolute Gasteiger partial charge is 0.316 e. The number of rotatable bonds is 4. The topological polar surface area (TPSA) is 62.5 Å². The zero-order valence-electron chi connectivity index (χ0n) is 19.2. The Balaban J connectivity index is 1.78. The van der Waals surface area contributed by atoms with Crippen LogP contribution in [0.4, 0.5) is 29.1 Å². The molecule has 0 saturated heterocycles. The number of para-hydroxylation sites is 2. The van der Waals surface area contributed by atoms with Crippen molar-refractivity contribution in [3.8, 4) is 5.69 Å². The van der Waals surface area contributed by atoms with Crippen LogP contribution in [-0.2, 0) is 10.7 Å². The maximum Gasteiger partial charge on any atom is 0.418 e. The van der Waals surface area contributed by atoms with Crippen molar-refractivity contribution in [3.05, 3.63) is 102 Å². The molecule has 0 fully saturated rings. The summed E-state index contributed by atoms with van der Waals surface area (Å²) in [6.45, 7) is 1.61. The minimum atomic E-state index is -4.69. The van der Waals surface area contributed by atoms with Gasteiger partial charge in [-0.1, -0.05) is 42.5 Å². The summed E-state index contributed by atoms with van der Waals surface area (Å²) in [7, 11) is -2.67. The van der Waals surface area contributed by atoms with Gasteiger partial charge >= 0.3 is 6.18 Å². The number of aryl methyl sites for hydroxylation is 1. The third kappa shape index (κ3) is 3.87.